The van der Waals surface area contributed by atoms with Crippen LogP contribution in [0.4, 0.5) is 0 Å². The normalized spacial score (nSPS) is 14.1. The number of fused-ring (bicyclic) bond motifs is 1. The summed E-state index contributed by atoms with van der Waals surface area (Å²) in [6.45, 7) is 3.91. The highest BCUT2D eigenvalue weighted by atomic mass is 32.2. The summed E-state index contributed by atoms with van der Waals surface area (Å²) in [5.41, 5.74) is 5.03. The van der Waals surface area contributed by atoms with Crippen molar-refractivity contribution < 1.29 is 4.74 Å². The average molecular weight is 339 g/mol. The lowest BCUT2D eigenvalue weighted by Gasteiger charge is -2.28. The van der Waals surface area contributed by atoms with Crippen LogP contribution in [0, 0.1) is 11.3 Å². The van der Waals surface area contributed by atoms with Gasteiger partial charge >= 0.3 is 0 Å². The summed E-state index contributed by atoms with van der Waals surface area (Å²) < 4.78 is 5.38. The van der Waals surface area contributed by atoms with Gasteiger partial charge in [0.05, 0.1) is 12.7 Å². The van der Waals surface area contributed by atoms with E-state index in [1.54, 1.807) is 18.9 Å². The van der Waals surface area contributed by atoms with E-state index in [0.717, 1.165) is 52.9 Å². The van der Waals surface area contributed by atoms with Gasteiger partial charge in [0.2, 0.25) is 0 Å². The molecule has 1 aromatic carbocycles. The van der Waals surface area contributed by atoms with Crippen LogP contribution in [0.3, 0.4) is 0 Å². The molecule has 2 heterocycles. The molecule has 0 saturated carbocycles. The van der Waals surface area contributed by atoms with Crippen LogP contribution in [-0.4, -0.2) is 36.3 Å². The van der Waals surface area contributed by atoms with E-state index in [1.807, 2.05) is 24.3 Å². The first kappa shape index (κ1) is 16.8. The first-order valence-corrected chi connectivity index (χ1v) is 9.08. The summed E-state index contributed by atoms with van der Waals surface area (Å²) in [6, 6.07) is 10.4. The Bertz CT molecular complexity index is 798. The van der Waals surface area contributed by atoms with Crippen molar-refractivity contribution in [3.8, 4) is 22.9 Å². The Hall–Kier alpha value is -2.03. The average Bonchev–Trinajstić information content (AvgIpc) is 2.61. The fourth-order valence-electron chi connectivity index (χ4n) is 3.11. The van der Waals surface area contributed by atoms with E-state index in [4.69, 9.17) is 9.72 Å². The van der Waals surface area contributed by atoms with Crippen LogP contribution in [0.5, 0.6) is 5.75 Å². The number of thioether (sulfide) groups is 1. The summed E-state index contributed by atoms with van der Waals surface area (Å²) >= 11 is 1.64. The number of benzene rings is 1. The smallest absolute Gasteiger partial charge is 0.119 e. The second kappa shape index (κ2) is 7.25. The number of ether oxygens (including phenoxy) is 1. The van der Waals surface area contributed by atoms with Gasteiger partial charge in [-0.25, -0.2) is 4.98 Å². The quantitative estimate of drug-likeness (QED) is 0.795. The van der Waals surface area contributed by atoms with E-state index in [1.165, 1.54) is 5.56 Å². The van der Waals surface area contributed by atoms with Crippen molar-refractivity contribution >= 4 is 11.8 Å². The molecule has 0 spiro atoms. The fraction of sp³-hybridized carbons (Fsp3) is 0.368. The lowest BCUT2D eigenvalue weighted by Crippen LogP contribution is -2.28. The van der Waals surface area contributed by atoms with Gasteiger partial charge in [-0.15, -0.1) is 11.8 Å². The lowest BCUT2D eigenvalue weighted by molar-refractivity contribution is 0.309. The molecule has 1 aliphatic rings. The van der Waals surface area contributed by atoms with Crippen LogP contribution in [-0.2, 0) is 13.0 Å². The predicted octanol–water partition coefficient (Wildman–Crippen LogP) is 3.73. The van der Waals surface area contributed by atoms with E-state index in [-0.39, 0.29) is 0 Å². The van der Waals surface area contributed by atoms with Crippen LogP contribution in [0.25, 0.3) is 11.1 Å². The molecule has 1 aromatic heterocycles. The molecule has 5 heteroatoms. The number of pyridine rings is 1. The molecule has 24 heavy (non-hydrogen) atoms. The Morgan fingerprint density at radius 1 is 1.42 bits per heavy atom. The lowest BCUT2D eigenvalue weighted by atomic mass is 9.91. The zero-order valence-corrected chi connectivity index (χ0v) is 15.1. The Kier molecular flexibility index (Phi) is 5.08. The first-order chi connectivity index (χ1) is 11.7. The van der Waals surface area contributed by atoms with Gasteiger partial charge in [-0.2, -0.15) is 5.26 Å². The first-order valence-electron chi connectivity index (χ1n) is 8.09. The van der Waals surface area contributed by atoms with Gasteiger partial charge in [0.25, 0.3) is 0 Å². The molecule has 4 nitrogen and oxygen atoms in total. The van der Waals surface area contributed by atoms with Crippen LogP contribution in [0.15, 0.2) is 29.3 Å². The second-order valence-corrected chi connectivity index (χ2v) is 7.11. The summed E-state index contributed by atoms with van der Waals surface area (Å²) in [5.74, 6) is 1.70. The predicted molar refractivity (Wildman–Crippen MR) is 97.4 cm³/mol. The van der Waals surface area contributed by atoms with Gasteiger partial charge in [-0.05, 0) is 36.1 Å². The van der Waals surface area contributed by atoms with Crippen molar-refractivity contribution in [3.05, 3.63) is 41.1 Å². The van der Waals surface area contributed by atoms with Crippen molar-refractivity contribution in [1.29, 1.82) is 5.26 Å². The van der Waals surface area contributed by atoms with Crippen molar-refractivity contribution in [2.24, 2.45) is 0 Å². The molecule has 0 saturated heterocycles. The van der Waals surface area contributed by atoms with Gasteiger partial charge in [0, 0.05) is 30.8 Å². The van der Waals surface area contributed by atoms with Crippen LogP contribution < -0.4 is 4.74 Å². The van der Waals surface area contributed by atoms with Crippen LogP contribution in [0.1, 0.15) is 23.7 Å². The number of nitriles is 1. The Labute approximate surface area is 147 Å². The fourth-order valence-corrected chi connectivity index (χ4v) is 3.85. The number of likely N-dealkylation sites (N-methyl/N-ethyl adjacent to an activating group) is 1. The SMILES string of the molecule is CCSc1nc2c(c(-c3cccc(OC)c3)c1C#N)CN(C)CC2. The molecule has 0 atom stereocenters. The van der Waals surface area contributed by atoms with Crippen molar-refractivity contribution in [1.82, 2.24) is 9.88 Å². The monoisotopic (exact) mass is 339 g/mol. The molecule has 0 aliphatic carbocycles. The molecule has 2 aromatic rings. The minimum Gasteiger partial charge on any atom is -0.497 e. The van der Waals surface area contributed by atoms with Crippen molar-refractivity contribution in [2.45, 2.75) is 24.9 Å². The summed E-state index contributed by atoms with van der Waals surface area (Å²) in [6.07, 6.45) is 0.922. The highest BCUT2D eigenvalue weighted by Crippen LogP contribution is 2.37. The van der Waals surface area contributed by atoms with E-state index in [9.17, 15) is 5.26 Å². The molecule has 0 fully saturated rings. The summed E-state index contributed by atoms with van der Waals surface area (Å²) in [4.78, 5) is 7.10. The van der Waals surface area contributed by atoms with E-state index >= 15 is 0 Å². The minimum atomic E-state index is 0.684. The molecule has 1 aliphatic heterocycles. The van der Waals surface area contributed by atoms with Crippen molar-refractivity contribution in [2.75, 3.05) is 26.5 Å². The van der Waals surface area contributed by atoms with Gasteiger partial charge in [-0.1, -0.05) is 19.1 Å². The molecular formula is C19H21N3OS. The summed E-state index contributed by atoms with van der Waals surface area (Å²) in [7, 11) is 3.78. The maximum Gasteiger partial charge on any atom is 0.119 e. The Morgan fingerprint density at radius 3 is 2.96 bits per heavy atom. The minimum absolute atomic E-state index is 0.684. The Balaban J connectivity index is 2.28. The molecule has 124 valence electrons. The van der Waals surface area contributed by atoms with Gasteiger partial charge in [-0.3, -0.25) is 0 Å². The zero-order chi connectivity index (χ0) is 17.1. The second-order valence-electron chi connectivity index (χ2n) is 5.86. The number of aromatic nitrogens is 1. The molecule has 0 bridgehead atoms. The zero-order valence-electron chi connectivity index (χ0n) is 14.3. The third kappa shape index (κ3) is 3.12. The number of hydrogen-bond acceptors (Lipinski definition) is 5. The topological polar surface area (TPSA) is 49.1 Å². The third-order valence-corrected chi connectivity index (χ3v) is 5.12. The molecular weight excluding hydrogens is 318 g/mol. The van der Waals surface area contributed by atoms with Gasteiger partial charge < -0.3 is 9.64 Å². The number of hydrogen-bond donors (Lipinski definition) is 0. The molecule has 3 rings (SSSR count). The van der Waals surface area contributed by atoms with Crippen LogP contribution >= 0.6 is 11.8 Å². The standard InChI is InChI=1S/C19H21N3OS/c1-4-24-19-15(11-20)18(13-6-5-7-14(10-13)23-3)16-12-22(2)9-8-17(16)21-19/h5-7,10H,4,8-9,12H2,1-3H3. The van der Waals surface area contributed by atoms with E-state index in [2.05, 4.69) is 24.9 Å². The number of methoxy groups -OCH3 is 1. The highest BCUT2D eigenvalue weighted by molar-refractivity contribution is 7.99. The molecule has 0 unspecified atom stereocenters. The van der Waals surface area contributed by atoms with Gasteiger partial charge in [0.15, 0.2) is 0 Å². The number of nitrogens with zero attached hydrogens (tertiary/aromatic N) is 3. The maximum atomic E-state index is 9.83. The van der Waals surface area contributed by atoms with Gasteiger partial charge in [0.1, 0.15) is 16.8 Å². The maximum absolute atomic E-state index is 9.83. The highest BCUT2D eigenvalue weighted by Gasteiger charge is 2.24. The summed E-state index contributed by atoms with van der Waals surface area (Å²) in [5, 5.41) is 10.7. The number of rotatable bonds is 4. The largest absolute Gasteiger partial charge is 0.497 e. The molecule has 0 N–H and O–H groups in total. The third-order valence-electron chi connectivity index (χ3n) is 4.26. The van der Waals surface area contributed by atoms with Crippen LogP contribution in [0.2, 0.25) is 0 Å². The molecule has 0 amide bonds. The van der Waals surface area contributed by atoms with E-state index in [0.29, 0.717) is 5.56 Å². The van der Waals surface area contributed by atoms with Crippen molar-refractivity contribution in [3.63, 3.8) is 0 Å². The Morgan fingerprint density at radius 2 is 2.25 bits per heavy atom. The molecule has 0 radical (unpaired) electrons. The van der Waals surface area contributed by atoms with E-state index < -0.39 is 0 Å².